The third-order valence-corrected chi connectivity index (χ3v) is 3.71. The summed E-state index contributed by atoms with van der Waals surface area (Å²) < 4.78 is 10.7. The molecule has 0 atom stereocenters. The van der Waals surface area contributed by atoms with Crippen molar-refractivity contribution in [3.63, 3.8) is 0 Å². The minimum Gasteiger partial charge on any atom is -0.496 e. The molecule has 0 unspecified atom stereocenters. The van der Waals surface area contributed by atoms with Gasteiger partial charge in [0, 0.05) is 6.20 Å². The molecule has 1 heterocycles. The number of amides is 1. The van der Waals surface area contributed by atoms with Gasteiger partial charge < -0.3 is 9.47 Å². The fourth-order valence-corrected chi connectivity index (χ4v) is 2.63. The van der Waals surface area contributed by atoms with Gasteiger partial charge in [-0.25, -0.2) is 0 Å². The van der Waals surface area contributed by atoms with Gasteiger partial charge in [0.25, 0.3) is 5.91 Å². The highest BCUT2D eigenvalue weighted by Gasteiger charge is 2.21. The maximum atomic E-state index is 12.6. The van der Waals surface area contributed by atoms with Crippen LogP contribution >= 0.6 is 0 Å². The zero-order chi connectivity index (χ0) is 16.2. The third-order valence-electron chi connectivity index (χ3n) is 3.71. The van der Waals surface area contributed by atoms with E-state index in [1.54, 1.807) is 37.4 Å². The largest absolute Gasteiger partial charge is 0.496 e. The summed E-state index contributed by atoms with van der Waals surface area (Å²) in [6.45, 7) is 0. The number of carbonyl (C=O) groups excluding carboxylic acids is 1. The number of carbonyl (C=O) groups is 1. The molecule has 3 rings (SSSR count). The Hall–Kier alpha value is -2.95. The Morgan fingerprint density at radius 3 is 2.57 bits per heavy atom. The standard InChI is InChI=1S/C18H18N2O3/c1-22-15-10-4-3-9-14(15)18(21)19-20-12-6-8-13-7-5-11-16(23-2)17(13)20/h3-7,9-12H,8H2,1-2H3,(H,19,21). The predicted octanol–water partition coefficient (Wildman–Crippen LogP) is 2.93. The van der Waals surface area contributed by atoms with Gasteiger partial charge >= 0.3 is 0 Å². The van der Waals surface area contributed by atoms with E-state index < -0.39 is 0 Å². The quantitative estimate of drug-likeness (QED) is 0.943. The van der Waals surface area contributed by atoms with Crippen molar-refractivity contribution in [1.82, 2.24) is 5.43 Å². The van der Waals surface area contributed by atoms with Gasteiger partial charge in [-0.3, -0.25) is 15.2 Å². The van der Waals surface area contributed by atoms with Crippen LogP contribution < -0.4 is 19.9 Å². The van der Waals surface area contributed by atoms with Crippen LogP contribution in [-0.2, 0) is 6.42 Å². The molecule has 1 N–H and O–H groups in total. The summed E-state index contributed by atoms with van der Waals surface area (Å²) in [5, 5.41) is 1.69. The van der Waals surface area contributed by atoms with Crippen molar-refractivity contribution in [2.75, 3.05) is 19.2 Å². The second-order valence-electron chi connectivity index (χ2n) is 5.07. The third kappa shape index (κ3) is 2.85. The molecule has 5 heteroatoms. The lowest BCUT2D eigenvalue weighted by Crippen LogP contribution is -2.40. The van der Waals surface area contributed by atoms with Crippen LogP contribution in [0, 0.1) is 0 Å². The molecule has 0 saturated carbocycles. The van der Waals surface area contributed by atoms with Crippen LogP contribution in [0.3, 0.4) is 0 Å². The van der Waals surface area contributed by atoms with E-state index in [0.29, 0.717) is 17.1 Å². The zero-order valence-corrected chi connectivity index (χ0v) is 13.1. The summed E-state index contributed by atoms with van der Waals surface area (Å²) in [6.07, 6.45) is 4.62. The predicted molar refractivity (Wildman–Crippen MR) is 88.8 cm³/mol. The molecule has 23 heavy (non-hydrogen) atoms. The highest BCUT2D eigenvalue weighted by Crippen LogP contribution is 2.34. The maximum Gasteiger partial charge on any atom is 0.273 e. The number of nitrogens with zero attached hydrogens (tertiary/aromatic N) is 1. The number of rotatable bonds is 4. The van der Waals surface area contributed by atoms with Crippen LogP contribution in [0.2, 0.25) is 0 Å². The molecule has 5 nitrogen and oxygen atoms in total. The highest BCUT2D eigenvalue weighted by molar-refractivity contribution is 5.98. The van der Waals surface area contributed by atoms with E-state index >= 15 is 0 Å². The summed E-state index contributed by atoms with van der Waals surface area (Å²) >= 11 is 0. The van der Waals surface area contributed by atoms with Crippen molar-refractivity contribution < 1.29 is 14.3 Å². The first kappa shape index (κ1) is 15.0. The second-order valence-corrected chi connectivity index (χ2v) is 5.07. The monoisotopic (exact) mass is 310 g/mol. The van der Waals surface area contributed by atoms with Crippen molar-refractivity contribution in [3.05, 3.63) is 65.9 Å². The Kier molecular flexibility index (Phi) is 4.19. The average molecular weight is 310 g/mol. The van der Waals surface area contributed by atoms with Crippen LogP contribution in [0.15, 0.2) is 54.7 Å². The molecule has 0 fully saturated rings. The topological polar surface area (TPSA) is 50.8 Å². The molecule has 2 aromatic rings. The molecule has 0 aliphatic carbocycles. The van der Waals surface area contributed by atoms with Gasteiger partial charge in [-0.15, -0.1) is 0 Å². The number of hydrazine groups is 1. The minimum atomic E-state index is -0.245. The Labute approximate surface area is 135 Å². The molecule has 0 aromatic heterocycles. The molecule has 0 radical (unpaired) electrons. The lowest BCUT2D eigenvalue weighted by atomic mass is 10.1. The fraction of sp³-hybridized carbons (Fsp3) is 0.167. The summed E-state index contributed by atoms with van der Waals surface area (Å²) in [4.78, 5) is 12.6. The number of para-hydroxylation sites is 2. The van der Waals surface area contributed by atoms with Crippen LogP contribution in [-0.4, -0.2) is 20.1 Å². The Morgan fingerprint density at radius 1 is 1.04 bits per heavy atom. The number of fused-ring (bicyclic) bond motifs is 1. The molecule has 2 aromatic carbocycles. The normalized spacial score (nSPS) is 12.5. The van der Waals surface area contributed by atoms with Gasteiger partial charge in [0.1, 0.15) is 17.2 Å². The van der Waals surface area contributed by atoms with Crippen LogP contribution in [0.1, 0.15) is 15.9 Å². The Bertz CT molecular complexity index is 756. The number of nitrogens with one attached hydrogen (secondary N) is 1. The average Bonchev–Trinajstić information content (AvgIpc) is 2.61. The van der Waals surface area contributed by atoms with Gasteiger partial charge in [0.2, 0.25) is 0 Å². The van der Waals surface area contributed by atoms with E-state index in [1.165, 1.54) is 0 Å². The number of methoxy groups -OCH3 is 2. The summed E-state index contributed by atoms with van der Waals surface area (Å²) in [7, 11) is 3.17. The minimum absolute atomic E-state index is 0.245. The number of anilines is 1. The van der Waals surface area contributed by atoms with Crippen LogP contribution in [0.4, 0.5) is 5.69 Å². The molecule has 0 bridgehead atoms. The summed E-state index contributed by atoms with van der Waals surface area (Å²) in [5.74, 6) is 1.00. The molecule has 1 amide bonds. The van der Waals surface area contributed by atoms with Crippen molar-refractivity contribution in [2.45, 2.75) is 6.42 Å². The van der Waals surface area contributed by atoms with E-state index in [1.807, 2.05) is 36.5 Å². The van der Waals surface area contributed by atoms with E-state index in [9.17, 15) is 4.79 Å². The molecule has 1 aliphatic heterocycles. The van der Waals surface area contributed by atoms with Crippen LogP contribution in [0.5, 0.6) is 11.5 Å². The first-order valence-corrected chi connectivity index (χ1v) is 7.30. The summed E-state index contributed by atoms with van der Waals surface area (Å²) in [5.41, 5.74) is 5.30. The van der Waals surface area contributed by atoms with Crippen molar-refractivity contribution >= 4 is 11.6 Å². The molecular weight excluding hydrogens is 292 g/mol. The number of benzene rings is 2. The number of hydrogen-bond donors (Lipinski definition) is 1. The number of allylic oxidation sites excluding steroid dienone is 1. The first-order chi connectivity index (χ1) is 11.2. The molecule has 118 valence electrons. The van der Waals surface area contributed by atoms with Crippen molar-refractivity contribution in [3.8, 4) is 11.5 Å². The number of hydrogen-bond acceptors (Lipinski definition) is 4. The van der Waals surface area contributed by atoms with Gasteiger partial charge in [-0.1, -0.05) is 30.3 Å². The van der Waals surface area contributed by atoms with E-state index in [0.717, 1.165) is 17.7 Å². The first-order valence-electron chi connectivity index (χ1n) is 7.30. The van der Waals surface area contributed by atoms with Crippen LogP contribution in [0.25, 0.3) is 0 Å². The molecule has 1 aliphatic rings. The van der Waals surface area contributed by atoms with Gasteiger partial charge in [0.15, 0.2) is 0 Å². The number of ether oxygens (including phenoxy) is 2. The maximum absolute atomic E-state index is 12.6. The fourth-order valence-electron chi connectivity index (χ4n) is 2.63. The molecule has 0 spiro atoms. The molecular formula is C18H18N2O3. The molecule has 0 saturated heterocycles. The highest BCUT2D eigenvalue weighted by atomic mass is 16.5. The van der Waals surface area contributed by atoms with E-state index in [4.69, 9.17) is 9.47 Å². The van der Waals surface area contributed by atoms with Gasteiger partial charge in [-0.2, -0.15) is 0 Å². The Morgan fingerprint density at radius 2 is 1.78 bits per heavy atom. The SMILES string of the molecule is COc1ccccc1C(=O)NN1C=CCc2cccc(OC)c21. The second kappa shape index (κ2) is 6.44. The van der Waals surface area contributed by atoms with E-state index in [2.05, 4.69) is 5.43 Å². The lowest BCUT2D eigenvalue weighted by Gasteiger charge is -2.28. The zero-order valence-electron chi connectivity index (χ0n) is 13.1. The Balaban J connectivity index is 1.91. The smallest absolute Gasteiger partial charge is 0.273 e. The lowest BCUT2D eigenvalue weighted by molar-refractivity contribution is 0.0950. The van der Waals surface area contributed by atoms with Crippen molar-refractivity contribution in [1.29, 1.82) is 0 Å². The van der Waals surface area contributed by atoms with E-state index in [-0.39, 0.29) is 5.91 Å². The van der Waals surface area contributed by atoms with Crippen molar-refractivity contribution in [2.24, 2.45) is 0 Å². The van der Waals surface area contributed by atoms with Gasteiger partial charge in [-0.05, 0) is 30.2 Å². The van der Waals surface area contributed by atoms with Gasteiger partial charge in [0.05, 0.1) is 19.8 Å². The summed E-state index contributed by atoms with van der Waals surface area (Å²) in [6, 6.07) is 13.0.